The molecular weight excluding hydrogens is 378 g/mol. The van der Waals surface area contributed by atoms with E-state index in [0.717, 1.165) is 29.8 Å². The summed E-state index contributed by atoms with van der Waals surface area (Å²) in [5, 5.41) is 4.54. The minimum absolute atomic E-state index is 0.106. The summed E-state index contributed by atoms with van der Waals surface area (Å²) in [7, 11) is 0. The molecule has 1 atom stereocenters. The summed E-state index contributed by atoms with van der Waals surface area (Å²) in [4.78, 5) is 27.4. The first-order valence-corrected chi connectivity index (χ1v) is 10.3. The lowest BCUT2D eigenvalue weighted by Gasteiger charge is -2.31. The van der Waals surface area contributed by atoms with Crippen molar-refractivity contribution in [3.63, 3.8) is 0 Å². The number of rotatable bonds is 5. The van der Waals surface area contributed by atoms with Crippen molar-refractivity contribution in [2.45, 2.75) is 19.8 Å². The van der Waals surface area contributed by atoms with Gasteiger partial charge in [0, 0.05) is 18.7 Å². The van der Waals surface area contributed by atoms with Crippen molar-refractivity contribution in [2.75, 3.05) is 19.7 Å². The van der Waals surface area contributed by atoms with Gasteiger partial charge in [-0.3, -0.25) is 9.59 Å². The smallest absolute Gasteiger partial charge is 0.310 e. The van der Waals surface area contributed by atoms with Gasteiger partial charge in [0.15, 0.2) is 0 Å². The van der Waals surface area contributed by atoms with Gasteiger partial charge in [-0.2, -0.15) is 5.10 Å². The number of likely N-dealkylation sites (tertiary alicyclic amines) is 1. The van der Waals surface area contributed by atoms with Crippen LogP contribution in [-0.2, 0) is 9.53 Å². The number of piperidine rings is 1. The molecule has 0 N–H and O–H groups in total. The summed E-state index contributed by atoms with van der Waals surface area (Å²) in [6.45, 7) is 3.15. The molecule has 6 nitrogen and oxygen atoms in total. The third kappa shape index (κ3) is 3.99. The topological polar surface area (TPSA) is 64.4 Å². The van der Waals surface area contributed by atoms with Gasteiger partial charge in [0.1, 0.15) is 0 Å². The average Bonchev–Trinajstić information content (AvgIpc) is 3.25. The van der Waals surface area contributed by atoms with Crippen LogP contribution in [0.4, 0.5) is 0 Å². The molecule has 30 heavy (non-hydrogen) atoms. The van der Waals surface area contributed by atoms with Crippen molar-refractivity contribution in [3.8, 4) is 16.9 Å². The Labute approximate surface area is 176 Å². The summed E-state index contributed by atoms with van der Waals surface area (Å²) >= 11 is 0. The van der Waals surface area contributed by atoms with Gasteiger partial charge in [-0.05, 0) is 31.9 Å². The zero-order chi connectivity index (χ0) is 20.9. The van der Waals surface area contributed by atoms with E-state index in [1.807, 2.05) is 60.7 Å². The minimum Gasteiger partial charge on any atom is -0.466 e. The molecule has 0 aliphatic carbocycles. The van der Waals surface area contributed by atoms with Crippen LogP contribution in [0.25, 0.3) is 16.9 Å². The van der Waals surface area contributed by atoms with E-state index in [0.29, 0.717) is 25.3 Å². The second-order valence-corrected chi connectivity index (χ2v) is 7.36. The van der Waals surface area contributed by atoms with E-state index in [1.54, 1.807) is 22.7 Å². The van der Waals surface area contributed by atoms with Crippen LogP contribution in [0.2, 0.25) is 0 Å². The molecule has 1 saturated heterocycles. The highest BCUT2D eigenvalue weighted by molar-refractivity contribution is 6.00. The maximum absolute atomic E-state index is 13.5. The molecule has 1 aromatic heterocycles. The number of hydrogen-bond donors (Lipinski definition) is 0. The molecule has 2 aromatic carbocycles. The van der Waals surface area contributed by atoms with Crippen LogP contribution in [0.15, 0.2) is 66.9 Å². The first kappa shape index (κ1) is 19.9. The molecule has 0 saturated carbocycles. The van der Waals surface area contributed by atoms with Gasteiger partial charge >= 0.3 is 5.97 Å². The van der Waals surface area contributed by atoms with Gasteiger partial charge < -0.3 is 9.64 Å². The molecule has 1 aliphatic rings. The van der Waals surface area contributed by atoms with Crippen LogP contribution in [0, 0.1) is 5.92 Å². The van der Waals surface area contributed by atoms with Gasteiger partial charge in [0.05, 0.1) is 35.7 Å². The lowest BCUT2D eigenvalue weighted by molar-refractivity contribution is -0.149. The van der Waals surface area contributed by atoms with Crippen molar-refractivity contribution in [3.05, 3.63) is 72.4 Å². The molecule has 0 bridgehead atoms. The fourth-order valence-electron chi connectivity index (χ4n) is 3.93. The molecule has 1 amide bonds. The first-order valence-electron chi connectivity index (χ1n) is 10.3. The van der Waals surface area contributed by atoms with Crippen LogP contribution in [0.1, 0.15) is 30.1 Å². The lowest BCUT2D eigenvalue weighted by Crippen LogP contribution is -2.42. The Balaban J connectivity index is 1.69. The van der Waals surface area contributed by atoms with Gasteiger partial charge in [0.25, 0.3) is 5.91 Å². The quantitative estimate of drug-likeness (QED) is 0.605. The Bertz CT molecular complexity index is 1010. The van der Waals surface area contributed by atoms with E-state index in [1.165, 1.54) is 0 Å². The maximum Gasteiger partial charge on any atom is 0.310 e. The highest BCUT2D eigenvalue weighted by Crippen LogP contribution is 2.29. The third-order valence-corrected chi connectivity index (χ3v) is 5.38. The van der Waals surface area contributed by atoms with E-state index in [-0.39, 0.29) is 17.8 Å². The Morgan fingerprint density at radius 1 is 1.07 bits per heavy atom. The van der Waals surface area contributed by atoms with Crippen molar-refractivity contribution < 1.29 is 14.3 Å². The third-order valence-electron chi connectivity index (χ3n) is 5.38. The zero-order valence-electron chi connectivity index (χ0n) is 17.0. The number of aromatic nitrogens is 2. The molecule has 1 aliphatic heterocycles. The standard InChI is InChI=1S/C24H25N3O3/c1-2-30-24(29)19-12-9-15-26(17-19)23(28)21-16-25-27(20-13-7-4-8-14-20)22(21)18-10-5-3-6-11-18/h3-8,10-11,13-14,16,19H,2,9,12,15,17H2,1H3/t19-/m1/s1. The lowest BCUT2D eigenvalue weighted by atomic mass is 9.97. The number of benzene rings is 2. The number of para-hydroxylation sites is 1. The fourth-order valence-corrected chi connectivity index (χ4v) is 3.93. The highest BCUT2D eigenvalue weighted by atomic mass is 16.5. The largest absolute Gasteiger partial charge is 0.466 e. The number of amides is 1. The number of hydrogen-bond acceptors (Lipinski definition) is 4. The summed E-state index contributed by atoms with van der Waals surface area (Å²) in [6, 6.07) is 19.6. The van der Waals surface area contributed by atoms with Crippen molar-refractivity contribution in [1.82, 2.24) is 14.7 Å². The number of carbonyl (C=O) groups is 2. The Morgan fingerprint density at radius 2 is 1.77 bits per heavy atom. The Morgan fingerprint density at radius 3 is 2.47 bits per heavy atom. The zero-order valence-corrected chi connectivity index (χ0v) is 17.0. The van der Waals surface area contributed by atoms with Crippen molar-refractivity contribution in [2.24, 2.45) is 5.92 Å². The van der Waals surface area contributed by atoms with Gasteiger partial charge in [-0.15, -0.1) is 0 Å². The Hall–Kier alpha value is -3.41. The van der Waals surface area contributed by atoms with Gasteiger partial charge in [0.2, 0.25) is 0 Å². The van der Waals surface area contributed by atoms with Crippen LogP contribution in [-0.4, -0.2) is 46.3 Å². The fraction of sp³-hybridized carbons (Fsp3) is 0.292. The molecule has 6 heteroatoms. The van der Waals surface area contributed by atoms with E-state index in [2.05, 4.69) is 5.10 Å². The van der Waals surface area contributed by atoms with Crippen molar-refractivity contribution >= 4 is 11.9 Å². The van der Waals surface area contributed by atoms with Crippen molar-refractivity contribution in [1.29, 1.82) is 0 Å². The predicted octanol–water partition coefficient (Wildman–Crippen LogP) is 3.95. The summed E-state index contributed by atoms with van der Waals surface area (Å²) in [5.74, 6) is -0.602. The van der Waals surface area contributed by atoms with Crippen LogP contribution < -0.4 is 0 Å². The summed E-state index contributed by atoms with van der Waals surface area (Å²) < 4.78 is 6.98. The van der Waals surface area contributed by atoms with Crippen LogP contribution >= 0.6 is 0 Å². The predicted molar refractivity (Wildman–Crippen MR) is 114 cm³/mol. The molecule has 2 heterocycles. The summed E-state index contributed by atoms with van der Waals surface area (Å²) in [5.41, 5.74) is 3.10. The molecule has 0 unspecified atom stereocenters. The average molecular weight is 403 g/mol. The normalized spacial score (nSPS) is 16.3. The Kier molecular flexibility index (Phi) is 5.93. The van der Waals surface area contributed by atoms with E-state index in [9.17, 15) is 9.59 Å². The van der Waals surface area contributed by atoms with E-state index in [4.69, 9.17) is 4.74 Å². The number of carbonyl (C=O) groups excluding carboxylic acids is 2. The highest BCUT2D eigenvalue weighted by Gasteiger charge is 2.32. The van der Waals surface area contributed by atoms with Crippen LogP contribution in [0.3, 0.4) is 0 Å². The monoisotopic (exact) mass is 403 g/mol. The number of nitrogens with zero attached hydrogens (tertiary/aromatic N) is 3. The number of esters is 1. The van der Waals surface area contributed by atoms with Gasteiger partial charge in [-0.1, -0.05) is 48.5 Å². The molecule has 154 valence electrons. The minimum atomic E-state index is -0.271. The number of ether oxygens (including phenoxy) is 1. The van der Waals surface area contributed by atoms with Crippen LogP contribution in [0.5, 0.6) is 0 Å². The molecule has 0 radical (unpaired) electrons. The first-order chi connectivity index (χ1) is 14.7. The second-order valence-electron chi connectivity index (χ2n) is 7.36. The van der Waals surface area contributed by atoms with Gasteiger partial charge in [-0.25, -0.2) is 4.68 Å². The molecule has 0 spiro atoms. The summed E-state index contributed by atoms with van der Waals surface area (Å²) in [6.07, 6.45) is 3.16. The maximum atomic E-state index is 13.5. The second kappa shape index (κ2) is 8.95. The SMILES string of the molecule is CCOC(=O)[C@@H]1CCCN(C(=O)c2cnn(-c3ccccc3)c2-c2ccccc2)C1. The molecule has 4 rings (SSSR count). The van der Waals surface area contributed by atoms with E-state index >= 15 is 0 Å². The van der Waals surface area contributed by atoms with E-state index < -0.39 is 0 Å². The molecular formula is C24H25N3O3. The molecule has 3 aromatic rings. The molecule has 1 fully saturated rings.